The number of amides is 2. The van der Waals surface area contributed by atoms with Crippen LogP contribution in [0.2, 0.25) is 0 Å². The Morgan fingerprint density at radius 1 is 1.10 bits per heavy atom. The van der Waals surface area contributed by atoms with Gasteiger partial charge in [0.25, 0.3) is 0 Å². The van der Waals surface area contributed by atoms with E-state index in [4.69, 9.17) is 11.6 Å². The molecule has 0 radical (unpaired) electrons. The highest BCUT2D eigenvalue weighted by molar-refractivity contribution is 9.10. The number of aryl methyl sites for hydroxylation is 1. The number of nitrogens with one attached hydrogen (secondary N) is 1. The van der Waals surface area contributed by atoms with Gasteiger partial charge < -0.3 is 14.8 Å². The van der Waals surface area contributed by atoms with E-state index in [9.17, 15) is 4.79 Å². The van der Waals surface area contributed by atoms with Crippen LogP contribution in [0.1, 0.15) is 34.3 Å². The predicted molar refractivity (Wildman–Crippen MR) is 160 cm³/mol. The number of carbonyl (C=O) groups is 1. The minimum Gasteiger partial charge on any atom is -0.331 e. The summed E-state index contributed by atoms with van der Waals surface area (Å²) in [6.45, 7) is 12.5. The number of aromatic nitrogens is 3. The van der Waals surface area contributed by atoms with Gasteiger partial charge in [-0.05, 0) is 63.8 Å². The van der Waals surface area contributed by atoms with Crippen molar-refractivity contribution >= 4 is 45.0 Å². The zero-order valence-corrected chi connectivity index (χ0v) is 23.7. The van der Waals surface area contributed by atoms with Crippen LogP contribution < -0.4 is 5.32 Å². The molecular weight excluding hydrogens is 566 g/mol. The molecule has 1 fully saturated rings. The molecule has 40 heavy (non-hydrogen) atoms. The second-order valence-corrected chi connectivity index (χ2v) is 10.9. The number of hydrogen-bond donors (Lipinski definition) is 1. The Balaban J connectivity index is 1.27. The number of imidazole rings is 1. The molecular formula is C31H28BrN7O. The summed E-state index contributed by atoms with van der Waals surface area (Å²) < 4.78 is 3.10. The number of nitrogens with zero attached hydrogens (tertiary/aromatic N) is 6. The van der Waals surface area contributed by atoms with Crippen LogP contribution >= 0.6 is 15.9 Å². The van der Waals surface area contributed by atoms with E-state index in [2.05, 4.69) is 77.0 Å². The molecule has 1 N–H and O–H groups in total. The summed E-state index contributed by atoms with van der Waals surface area (Å²) in [6, 6.07) is 17.5. The molecule has 2 aliphatic rings. The van der Waals surface area contributed by atoms with Crippen LogP contribution in [0.15, 0.2) is 77.7 Å². The first-order valence-electron chi connectivity index (χ1n) is 13.2. The van der Waals surface area contributed by atoms with Gasteiger partial charge in [0.05, 0.1) is 18.3 Å². The van der Waals surface area contributed by atoms with Crippen LogP contribution in [-0.2, 0) is 6.54 Å². The smallest absolute Gasteiger partial charge is 0.321 e. The third kappa shape index (κ3) is 5.16. The summed E-state index contributed by atoms with van der Waals surface area (Å²) in [5, 5.41) is 2.97. The standard InChI is InChI=1S/C31H28BrN7O/c1-21-34-11-12-39(21)20-23-17-22-5-3-4-6-27(22)30(29-28(23)18-24(32)19-35-29)37-13-15-38(16-14-37)31(40)36-26-9-7-25(33-2)8-10-26/h3-12,17-19,30H,13-16,20H2,1H3,(H,36,40). The lowest BCUT2D eigenvalue weighted by Crippen LogP contribution is -2.51. The second kappa shape index (κ2) is 11.1. The third-order valence-corrected chi connectivity index (χ3v) is 8.02. The fraction of sp³-hybridized carbons (Fsp3) is 0.226. The number of halogens is 1. The van der Waals surface area contributed by atoms with Crippen LogP contribution in [0.25, 0.3) is 16.5 Å². The summed E-state index contributed by atoms with van der Waals surface area (Å²) in [5.74, 6) is 0.969. The van der Waals surface area contributed by atoms with Crippen molar-refractivity contribution in [2.45, 2.75) is 19.5 Å². The summed E-state index contributed by atoms with van der Waals surface area (Å²) in [7, 11) is 0. The molecule has 1 atom stereocenters. The number of rotatable bonds is 4. The number of carbonyl (C=O) groups excluding carboxylic acids is 1. The van der Waals surface area contributed by atoms with Crippen LogP contribution in [0, 0.1) is 13.5 Å². The van der Waals surface area contributed by atoms with Gasteiger partial charge in [-0.1, -0.05) is 36.4 Å². The molecule has 2 aromatic carbocycles. The van der Waals surface area contributed by atoms with E-state index in [1.54, 1.807) is 24.3 Å². The maximum atomic E-state index is 13.0. The Labute approximate surface area is 241 Å². The summed E-state index contributed by atoms with van der Waals surface area (Å²) in [6.07, 6.45) is 8.01. The molecule has 0 saturated carbocycles. The van der Waals surface area contributed by atoms with E-state index in [1.807, 2.05) is 30.4 Å². The van der Waals surface area contributed by atoms with Gasteiger partial charge in [-0.25, -0.2) is 14.6 Å². The summed E-state index contributed by atoms with van der Waals surface area (Å²) in [5.41, 5.74) is 6.96. The fourth-order valence-corrected chi connectivity index (χ4v) is 5.82. The maximum absolute atomic E-state index is 13.0. The highest BCUT2D eigenvalue weighted by atomic mass is 79.9. The van der Waals surface area contributed by atoms with Crippen molar-refractivity contribution in [1.29, 1.82) is 0 Å². The number of allylic oxidation sites excluding steroid dienone is 1. The van der Waals surface area contributed by atoms with Crippen LogP contribution in [0.3, 0.4) is 0 Å². The van der Waals surface area contributed by atoms with E-state index < -0.39 is 0 Å². The van der Waals surface area contributed by atoms with E-state index in [-0.39, 0.29) is 12.1 Å². The highest BCUT2D eigenvalue weighted by Crippen LogP contribution is 2.40. The Kier molecular flexibility index (Phi) is 7.20. The lowest BCUT2D eigenvalue weighted by Gasteiger charge is -2.39. The molecule has 1 unspecified atom stereocenters. The van der Waals surface area contributed by atoms with E-state index in [0.29, 0.717) is 31.0 Å². The Bertz CT molecular complexity index is 1630. The summed E-state index contributed by atoms with van der Waals surface area (Å²) in [4.78, 5) is 30.1. The molecule has 200 valence electrons. The molecule has 9 heteroatoms. The van der Waals surface area contributed by atoms with Gasteiger partial charge >= 0.3 is 6.03 Å². The van der Waals surface area contributed by atoms with Gasteiger partial charge in [0.15, 0.2) is 5.69 Å². The van der Waals surface area contributed by atoms with Crippen LogP contribution in [0.4, 0.5) is 16.2 Å². The molecule has 2 amide bonds. The van der Waals surface area contributed by atoms with Gasteiger partial charge in [0.1, 0.15) is 5.82 Å². The molecule has 6 rings (SSSR count). The number of urea groups is 1. The fourth-order valence-electron chi connectivity index (χ4n) is 5.49. The largest absolute Gasteiger partial charge is 0.331 e. The minimum absolute atomic E-state index is 0.0386. The molecule has 2 aromatic heterocycles. The van der Waals surface area contributed by atoms with Crippen molar-refractivity contribution in [2.75, 3.05) is 31.5 Å². The number of hydrogen-bond acceptors (Lipinski definition) is 4. The zero-order chi connectivity index (χ0) is 27.6. The average molecular weight is 595 g/mol. The number of fused-ring (bicyclic) bond motifs is 2. The Hall–Kier alpha value is -4.26. The van der Waals surface area contributed by atoms with Crippen molar-refractivity contribution in [3.63, 3.8) is 0 Å². The molecule has 1 aliphatic carbocycles. The van der Waals surface area contributed by atoms with Gasteiger partial charge in [0, 0.05) is 67.0 Å². The Morgan fingerprint density at radius 3 is 2.60 bits per heavy atom. The number of piperazine rings is 1. The SMILES string of the molecule is [C-]#[N+]c1ccc(NC(=O)N2CCN(C3c4ccccc4C=C(Cn4ccnc4C)c4cc(Br)cnc43)CC2)cc1. The molecule has 8 nitrogen and oxygen atoms in total. The molecule has 0 bridgehead atoms. The van der Waals surface area contributed by atoms with E-state index in [0.717, 1.165) is 34.6 Å². The number of benzene rings is 2. The quantitative estimate of drug-likeness (QED) is 0.278. The summed E-state index contributed by atoms with van der Waals surface area (Å²) >= 11 is 3.66. The van der Waals surface area contributed by atoms with Gasteiger partial charge in [-0.3, -0.25) is 9.88 Å². The first kappa shape index (κ1) is 26.0. The first-order chi connectivity index (χ1) is 19.5. The van der Waals surface area contributed by atoms with Crippen molar-refractivity contribution in [2.24, 2.45) is 0 Å². The second-order valence-electron chi connectivity index (χ2n) is 10.0. The third-order valence-electron chi connectivity index (χ3n) is 7.59. The van der Waals surface area contributed by atoms with Crippen molar-refractivity contribution in [3.05, 3.63) is 117 Å². The van der Waals surface area contributed by atoms with Crippen molar-refractivity contribution < 1.29 is 4.79 Å². The molecule has 1 saturated heterocycles. The van der Waals surface area contributed by atoms with Crippen LogP contribution in [0.5, 0.6) is 0 Å². The Morgan fingerprint density at radius 2 is 1.88 bits per heavy atom. The molecule has 1 aliphatic heterocycles. The lowest BCUT2D eigenvalue weighted by molar-refractivity contribution is 0.125. The zero-order valence-electron chi connectivity index (χ0n) is 22.1. The van der Waals surface area contributed by atoms with Gasteiger partial charge in [-0.15, -0.1) is 0 Å². The first-order valence-corrected chi connectivity index (χ1v) is 14.0. The number of pyridine rings is 1. The number of anilines is 1. The molecule has 0 spiro atoms. The lowest BCUT2D eigenvalue weighted by atomic mass is 9.95. The maximum Gasteiger partial charge on any atom is 0.321 e. The van der Waals surface area contributed by atoms with E-state index >= 15 is 0 Å². The predicted octanol–water partition coefficient (Wildman–Crippen LogP) is 6.39. The van der Waals surface area contributed by atoms with Crippen molar-refractivity contribution in [1.82, 2.24) is 24.3 Å². The normalized spacial score (nSPS) is 16.8. The average Bonchev–Trinajstić information content (AvgIpc) is 3.33. The minimum atomic E-state index is -0.126. The van der Waals surface area contributed by atoms with Crippen LogP contribution in [-0.4, -0.2) is 56.5 Å². The monoisotopic (exact) mass is 593 g/mol. The van der Waals surface area contributed by atoms with Crippen molar-refractivity contribution in [3.8, 4) is 0 Å². The highest BCUT2D eigenvalue weighted by Gasteiger charge is 2.33. The topological polar surface area (TPSA) is 70.7 Å². The van der Waals surface area contributed by atoms with Gasteiger partial charge in [-0.2, -0.15) is 0 Å². The van der Waals surface area contributed by atoms with E-state index in [1.165, 1.54) is 16.7 Å². The molecule has 3 heterocycles. The molecule has 4 aromatic rings. The van der Waals surface area contributed by atoms with Gasteiger partial charge in [0.2, 0.25) is 0 Å².